The van der Waals surface area contributed by atoms with Crippen LogP contribution in [-0.4, -0.2) is 7.05 Å². The SMILES string of the molecule is C[N+]1(c2cccc(Oc3ccccc3)c2)C=CC=C1c1cccc(CN)c1. The van der Waals surface area contributed by atoms with Gasteiger partial charge in [0.15, 0.2) is 0 Å². The van der Waals surface area contributed by atoms with Gasteiger partial charge in [0, 0.05) is 30.3 Å². The van der Waals surface area contributed by atoms with E-state index in [9.17, 15) is 0 Å². The summed E-state index contributed by atoms with van der Waals surface area (Å²) in [6, 6.07) is 26.5. The lowest BCUT2D eigenvalue weighted by molar-refractivity contribution is 0.480. The number of nitrogens with two attached hydrogens (primary N) is 1. The maximum absolute atomic E-state index is 6.03. The lowest BCUT2D eigenvalue weighted by Gasteiger charge is -2.29. The molecule has 1 heterocycles. The average Bonchev–Trinajstić information content (AvgIpc) is 3.12. The Morgan fingerprint density at radius 1 is 0.852 bits per heavy atom. The Balaban J connectivity index is 1.68. The quantitative estimate of drug-likeness (QED) is 0.618. The fourth-order valence-corrected chi connectivity index (χ4v) is 3.45. The minimum Gasteiger partial charge on any atom is -0.457 e. The molecule has 0 aliphatic carbocycles. The van der Waals surface area contributed by atoms with Crippen molar-refractivity contribution >= 4 is 11.4 Å². The van der Waals surface area contributed by atoms with Crippen LogP contribution in [0.2, 0.25) is 0 Å². The molecule has 0 saturated carbocycles. The van der Waals surface area contributed by atoms with E-state index in [2.05, 4.69) is 61.8 Å². The molecule has 0 radical (unpaired) electrons. The average molecular weight is 355 g/mol. The largest absolute Gasteiger partial charge is 0.457 e. The Labute approximate surface area is 160 Å². The summed E-state index contributed by atoms with van der Waals surface area (Å²) >= 11 is 0. The Bertz CT molecular complexity index is 1010. The van der Waals surface area contributed by atoms with Gasteiger partial charge in [-0.15, -0.1) is 0 Å². The minimum absolute atomic E-state index is 0.540. The minimum atomic E-state index is 0.540. The van der Waals surface area contributed by atoms with Crippen molar-refractivity contribution in [3.8, 4) is 11.5 Å². The summed E-state index contributed by atoms with van der Waals surface area (Å²) in [5, 5.41) is 0. The first kappa shape index (κ1) is 17.3. The smallest absolute Gasteiger partial charge is 0.149 e. The van der Waals surface area contributed by atoms with Crippen LogP contribution in [0.25, 0.3) is 5.70 Å². The number of hydrogen-bond acceptors (Lipinski definition) is 2. The molecule has 3 aromatic rings. The Morgan fingerprint density at radius 2 is 1.63 bits per heavy atom. The highest BCUT2D eigenvalue weighted by molar-refractivity contribution is 5.80. The summed E-state index contributed by atoms with van der Waals surface area (Å²) < 4.78 is 6.61. The second-order valence-corrected chi connectivity index (χ2v) is 6.79. The van der Waals surface area contributed by atoms with Gasteiger partial charge in [0.2, 0.25) is 0 Å². The van der Waals surface area contributed by atoms with E-state index in [1.54, 1.807) is 0 Å². The van der Waals surface area contributed by atoms with Crippen molar-refractivity contribution in [3.05, 3.63) is 108 Å². The zero-order valence-electron chi connectivity index (χ0n) is 15.4. The van der Waals surface area contributed by atoms with E-state index in [4.69, 9.17) is 10.5 Å². The molecule has 134 valence electrons. The molecule has 1 aliphatic rings. The molecule has 1 unspecified atom stereocenters. The van der Waals surface area contributed by atoms with Gasteiger partial charge >= 0.3 is 0 Å². The Hall–Kier alpha value is -3.14. The number of benzene rings is 3. The summed E-state index contributed by atoms with van der Waals surface area (Å²) in [6.07, 6.45) is 6.46. The van der Waals surface area contributed by atoms with Crippen molar-refractivity contribution in [2.45, 2.75) is 6.54 Å². The summed E-state index contributed by atoms with van der Waals surface area (Å²) in [4.78, 5) is 0. The van der Waals surface area contributed by atoms with E-state index in [0.717, 1.165) is 22.7 Å². The van der Waals surface area contributed by atoms with E-state index in [1.807, 2.05) is 42.5 Å². The van der Waals surface area contributed by atoms with Crippen molar-refractivity contribution in [2.24, 2.45) is 5.73 Å². The molecule has 0 spiro atoms. The highest BCUT2D eigenvalue weighted by Crippen LogP contribution is 2.39. The zero-order valence-corrected chi connectivity index (χ0v) is 15.4. The van der Waals surface area contributed by atoms with Crippen LogP contribution < -0.4 is 15.0 Å². The topological polar surface area (TPSA) is 35.2 Å². The van der Waals surface area contributed by atoms with Gasteiger partial charge in [-0.1, -0.05) is 36.4 Å². The molecule has 2 N–H and O–H groups in total. The number of nitrogens with zero attached hydrogens (tertiary/aromatic N) is 1. The number of ether oxygens (including phenoxy) is 1. The fraction of sp³-hybridized carbons (Fsp3) is 0.0833. The van der Waals surface area contributed by atoms with E-state index >= 15 is 0 Å². The predicted octanol–water partition coefficient (Wildman–Crippen LogP) is 5.44. The first-order valence-electron chi connectivity index (χ1n) is 9.08. The molecule has 3 aromatic carbocycles. The number of quaternary nitrogens is 1. The highest BCUT2D eigenvalue weighted by atomic mass is 16.5. The Kier molecular flexibility index (Phi) is 4.63. The van der Waals surface area contributed by atoms with Gasteiger partial charge in [-0.25, -0.2) is 4.48 Å². The molecule has 1 atom stereocenters. The van der Waals surface area contributed by atoms with Crippen LogP contribution in [0.4, 0.5) is 5.69 Å². The van der Waals surface area contributed by atoms with Crippen LogP contribution in [0.5, 0.6) is 11.5 Å². The van der Waals surface area contributed by atoms with Crippen LogP contribution in [0.3, 0.4) is 0 Å². The van der Waals surface area contributed by atoms with Crippen LogP contribution in [0, 0.1) is 0 Å². The van der Waals surface area contributed by atoms with Gasteiger partial charge in [0.05, 0.1) is 7.05 Å². The van der Waals surface area contributed by atoms with Crippen LogP contribution in [-0.2, 0) is 6.54 Å². The van der Waals surface area contributed by atoms with Crippen molar-refractivity contribution < 1.29 is 4.74 Å². The van der Waals surface area contributed by atoms with Crippen molar-refractivity contribution in [3.63, 3.8) is 0 Å². The van der Waals surface area contributed by atoms with Crippen molar-refractivity contribution in [1.82, 2.24) is 4.48 Å². The molecule has 4 rings (SSSR count). The van der Waals surface area contributed by atoms with Gasteiger partial charge in [-0.3, -0.25) is 0 Å². The molecule has 0 aromatic heterocycles. The van der Waals surface area contributed by atoms with E-state index < -0.39 is 0 Å². The van der Waals surface area contributed by atoms with Gasteiger partial charge in [-0.2, -0.15) is 0 Å². The number of rotatable bonds is 5. The first-order chi connectivity index (χ1) is 13.2. The van der Waals surface area contributed by atoms with E-state index in [1.165, 1.54) is 11.3 Å². The summed E-state index contributed by atoms with van der Waals surface area (Å²) in [5.41, 5.74) is 10.5. The molecule has 3 nitrogen and oxygen atoms in total. The van der Waals surface area contributed by atoms with Crippen LogP contribution in [0.1, 0.15) is 11.1 Å². The molecule has 0 bridgehead atoms. The molecular formula is C24H23N2O+. The zero-order chi connectivity index (χ0) is 18.7. The second kappa shape index (κ2) is 7.23. The highest BCUT2D eigenvalue weighted by Gasteiger charge is 2.33. The Morgan fingerprint density at radius 3 is 2.44 bits per heavy atom. The van der Waals surface area contributed by atoms with Gasteiger partial charge in [0.25, 0.3) is 0 Å². The van der Waals surface area contributed by atoms with Crippen LogP contribution in [0.15, 0.2) is 97.2 Å². The van der Waals surface area contributed by atoms with Crippen LogP contribution >= 0.6 is 0 Å². The summed E-state index contributed by atoms with van der Waals surface area (Å²) in [5.74, 6) is 1.66. The maximum atomic E-state index is 6.03. The second-order valence-electron chi connectivity index (χ2n) is 6.79. The first-order valence-corrected chi connectivity index (χ1v) is 9.08. The normalized spacial score (nSPS) is 18.4. The maximum Gasteiger partial charge on any atom is 0.149 e. The van der Waals surface area contributed by atoms with Gasteiger partial charge in [-0.05, 0) is 42.0 Å². The molecule has 3 heteroatoms. The lowest BCUT2D eigenvalue weighted by Crippen LogP contribution is -2.35. The predicted molar refractivity (Wildman–Crippen MR) is 112 cm³/mol. The monoisotopic (exact) mass is 355 g/mol. The van der Waals surface area contributed by atoms with Crippen molar-refractivity contribution in [2.75, 3.05) is 7.05 Å². The molecule has 0 amide bonds. The number of allylic oxidation sites excluding steroid dienone is 2. The third kappa shape index (κ3) is 3.43. The molecule has 0 fully saturated rings. The molecular weight excluding hydrogens is 332 g/mol. The fourth-order valence-electron chi connectivity index (χ4n) is 3.45. The van der Waals surface area contributed by atoms with Crippen molar-refractivity contribution in [1.29, 1.82) is 0 Å². The molecule has 1 aliphatic heterocycles. The third-order valence-electron chi connectivity index (χ3n) is 4.93. The summed E-state index contributed by atoms with van der Waals surface area (Å²) in [6.45, 7) is 0.540. The summed E-state index contributed by atoms with van der Waals surface area (Å²) in [7, 11) is 2.19. The number of para-hydroxylation sites is 1. The van der Waals surface area contributed by atoms with E-state index in [0.29, 0.717) is 11.0 Å². The molecule has 27 heavy (non-hydrogen) atoms. The lowest BCUT2D eigenvalue weighted by atomic mass is 10.1. The molecule has 0 saturated heterocycles. The third-order valence-corrected chi connectivity index (χ3v) is 4.93. The van der Waals surface area contributed by atoms with Gasteiger partial charge < -0.3 is 10.5 Å². The number of hydrogen-bond donors (Lipinski definition) is 1. The van der Waals surface area contributed by atoms with E-state index in [-0.39, 0.29) is 0 Å². The standard InChI is InChI=1S/C24H23N2O/c1-26(15-7-14-24(26)20-9-5-8-19(16-20)18-25)21-10-6-13-23(17-21)27-22-11-3-2-4-12-22/h2-17H,18,25H2,1H3/q+1. The van der Waals surface area contributed by atoms with Gasteiger partial charge in [0.1, 0.15) is 29.1 Å².